The average molecular weight is 295 g/mol. The lowest BCUT2D eigenvalue weighted by Crippen LogP contribution is -2.01. The van der Waals surface area contributed by atoms with Crippen LogP contribution >= 0.6 is 15.9 Å². The summed E-state index contributed by atoms with van der Waals surface area (Å²) >= 11 is 3.35. The van der Waals surface area contributed by atoms with E-state index >= 15 is 0 Å². The predicted octanol–water partition coefficient (Wildman–Crippen LogP) is 2.86. The van der Waals surface area contributed by atoms with Crippen molar-refractivity contribution in [3.05, 3.63) is 40.0 Å². The van der Waals surface area contributed by atoms with Gasteiger partial charge in [-0.3, -0.25) is 4.68 Å². The molecular formula is C12H11BrN2O2. The highest BCUT2D eigenvalue weighted by Crippen LogP contribution is 2.26. The quantitative estimate of drug-likeness (QED) is 0.927. The highest BCUT2D eigenvalue weighted by Gasteiger charge is 2.20. The summed E-state index contributed by atoms with van der Waals surface area (Å²) < 4.78 is 2.55. The molecule has 2 rings (SSSR count). The molecule has 17 heavy (non-hydrogen) atoms. The van der Waals surface area contributed by atoms with Gasteiger partial charge in [0.15, 0.2) is 0 Å². The fourth-order valence-electron chi connectivity index (χ4n) is 1.85. The van der Waals surface area contributed by atoms with Crippen LogP contribution in [0.2, 0.25) is 0 Å². The highest BCUT2D eigenvalue weighted by molar-refractivity contribution is 9.10. The second kappa shape index (κ2) is 4.33. The van der Waals surface area contributed by atoms with E-state index in [1.807, 2.05) is 24.3 Å². The zero-order valence-electron chi connectivity index (χ0n) is 9.44. The number of carboxylic acids is 1. The molecule has 0 amide bonds. The van der Waals surface area contributed by atoms with Crippen molar-refractivity contribution < 1.29 is 9.90 Å². The number of carboxylic acid groups (broad SMARTS) is 1. The zero-order chi connectivity index (χ0) is 12.6. The molecule has 1 aromatic carbocycles. The highest BCUT2D eigenvalue weighted by atomic mass is 79.9. The Bertz CT molecular complexity index is 573. The van der Waals surface area contributed by atoms with Gasteiger partial charge in [0.25, 0.3) is 0 Å². The van der Waals surface area contributed by atoms with Gasteiger partial charge in [-0.15, -0.1) is 0 Å². The molecule has 0 unspecified atom stereocenters. The molecule has 0 saturated heterocycles. The van der Waals surface area contributed by atoms with Crippen molar-refractivity contribution >= 4 is 21.9 Å². The van der Waals surface area contributed by atoms with E-state index in [9.17, 15) is 9.90 Å². The zero-order valence-corrected chi connectivity index (χ0v) is 11.0. The van der Waals surface area contributed by atoms with Gasteiger partial charge < -0.3 is 5.11 Å². The van der Waals surface area contributed by atoms with Gasteiger partial charge in [0.2, 0.25) is 0 Å². The summed E-state index contributed by atoms with van der Waals surface area (Å²) in [6.07, 6.45) is 0. The molecule has 1 aromatic heterocycles. The summed E-state index contributed by atoms with van der Waals surface area (Å²) in [6, 6.07) is 7.49. The minimum Gasteiger partial charge on any atom is -0.478 e. The maximum absolute atomic E-state index is 11.2. The van der Waals surface area contributed by atoms with Gasteiger partial charge in [-0.1, -0.05) is 28.1 Å². The van der Waals surface area contributed by atoms with Gasteiger partial charge in [-0.25, -0.2) is 4.79 Å². The van der Waals surface area contributed by atoms with Gasteiger partial charge in [0.05, 0.1) is 11.4 Å². The van der Waals surface area contributed by atoms with Crippen molar-refractivity contribution in [2.45, 2.75) is 6.92 Å². The van der Waals surface area contributed by atoms with Crippen LogP contribution in [0.5, 0.6) is 0 Å². The standard InChI is InChI=1S/C12H11BrN2O2/c1-7-10(12(16)17)11(15(2)14-7)8-3-5-9(13)6-4-8/h3-6H,1-2H3,(H,16,17). The van der Waals surface area contributed by atoms with Crippen LogP contribution in [0.3, 0.4) is 0 Å². The Morgan fingerprint density at radius 1 is 1.35 bits per heavy atom. The Labute approximate surface area is 107 Å². The number of carbonyl (C=O) groups is 1. The second-order valence-electron chi connectivity index (χ2n) is 3.74. The molecule has 2 aromatic rings. The number of aromatic nitrogens is 2. The number of hydrogen-bond acceptors (Lipinski definition) is 2. The Morgan fingerprint density at radius 2 is 1.94 bits per heavy atom. The van der Waals surface area contributed by atoms with Gasteiger partial charge >= 0.3 is 5.97 Å². The van der Waals surface area contributed by atoms with Crippen LogP contribution in [0.15, 0.2) is 28.7 Å². The molecule has 1 N–H and O–H groups in total. The average Bonchev–Trinajstić information content (AvgIpc) is 2.55. The summed E-state index contributed by atoms with van der Waals surface area (Å²) in [5.74, 6) is -0.950. The number of rotatable bonds is 2. The fraction of sp³-hybridized carbons (Fsp3) is 0.167. The Hall–Kier alpha value is -1.62. The van der Waals surface area contributed by atoms with Crippen LogP contribution in [-0.4, -0.2) is 20.9 Å². The summed E-state index contributed by atoms with van der Waals surface area (Å²) in [4.78, 5) is 11.2. The maximum atomic E-state index is 11.2. The van der Waals surface area contributed by atoms with E-state index in [0.29, 0.717) is 11.4 Å². The van der Waals surface area contributed by atoms with Crippen molar-refractivity contribution in [3.63, 3.8) is 0 Å². The van der Waals surface area contributed by atoms with Crippen molar-refractivity contribution in [2.24, 2.45) is 7.05 Å². The van der Waals surface area contributed by atoms with E-state index in [1.54, 1.807) is 18.7 Å². The van der Waals surface area contributed by atoms with Crippen LogP contribution in [0, 0.1) is 6.92 Å². The number of aryl methyl sites for hydroxylation is 2. The maximum Gasteiger partial charge on any atom is 0.339 e. The molecule has 4 nitrogen and oxygen atoms in total. The topological polar surface area (TPSA) is 55.1 Å². The SMILES string of the molecule is Cc1nn(C)c(-c2ccc(Br)cc2)c1C(=O)O. The molecule has 0 bridgehead atoms. The lowest BCUT2D eigenvalue weighted by molar-refractivity contribution is 0.0697. The molecule has 0 aliphatic heterocycles. The van der Waals surface area contributed by atoms with Crippen LogP contribution in [0.1, 0.15) is 16.1 Å². The van der Waals surface area contributed by atoms with Crippen LogP contribution in [-0.2, 0) is 7.05 Å². The molecule has 0 aliphatic rings. The van der Waals surface area contributed by atoms with E-state index in [-0.39, 0.29) is 5.56 Å². The van der Waals surface area contributed by atoms with Crippen molar-refractivity contribution in [1.29, 1.82) is 0 Å². The van der Waals surface area contributed by atoms with E-state index < -0.39 is 5.97 Å². The number of aromatic carboxylic acids is 1. The number of hydrogen-bond donors (Lipinski definition) is 1. The van der Waals surface area contributed by atoms with Crippen LogP contribution < -0.4 is 0 Å². The fourth-order valence-corrected chi connectivity index (χ4v) is 2.12. The van der Waals surface area contributed by atoms with E-state index in [2.05, 4.69) is 21.0 Å². The predicted molar refractivity (Wildman–Crippen MR) is 68.0 cm³/mol. The monoisotopic (exact) mass is 294 g/mol. The number of benzene rings is 1. The van der Waals surface area contributed by atoms with Gasteiger partial charge in [-0.05, 0) is 19.1 Å². The van der Waals surface area contributed by atoms with E-state index in [0.717, 1.165) is 10.0 Å². The first-order valence-corrected chi connectivity index (χ1v) is 5.83. The van der Waals surface area contributed by atoms with Gasteiger partial charge in [-0.2, -0.15) is 5.10 Å². The first kappa shape index (κ1) is 11.9. The first-order valence-electron chi connectivity index (χ1n) is 5.03. The van der Waals surface area contributed by atoms with E-state index in [4.69, 9.17) is 0 Å². The smallest absolute Gasteiger partial charge is 0.339 e. The first-order chi connectivity index (χ1) is 8.00. The largest absolute Gasteiger partial charge is 0.478 e. The van der Waals surface area contributed by atoms with Crippen molar-refractivity contribution in [2.75, 3.05) is 0 Å². The molecular weight excluding hydrogens is 284 g/mol. The second-order valence-corrected chi connectivity index (χ2v) is 4.66. The molecule has 5 heteroatoms. The Morgan fingerprint density at radius 3 is 2.47 bits per heavy atom. The van der Waals surface area contributed by atoms with E-state index in [1.165, 1.54) is 0 Å². The minimum atomic E-state index is -0.950. The third-order valence-corrected chi connectivity index (χ3v) is 3.08. The number of nitrogens with zero attached hydrogens (tertiary/aromatic N) is 2. The molecule has 0 saturated carbocycles. The normalized spacial score (nSPS) is 10.5. The summed E-state index contributed by atoms with van der Waals surface area (Å²) in [5.41, 5.74) is 2.25. The summed E-state index contributed by atoms with van der Waals surface area (Å²) in [6.45, 7) is 1.70. The van der Waals surface area contributed by atoms with Crippen molar-refractivity contribution in [3.8, 4) is 11.3 Å². The third kappa shape index (κ3) is 2.10. The lowest BCUT2D eigenvalue weighted by Gasteiger charge is -2.04. The van der Waals surface area contributed by atoms with Crippen molar-refractivity contribution in [1.82, 2.24) is 9.78 Å². The molecule has 1 heterocycles. The Kier molecular flexibility index (Phi) is 3.02. The van der Waals surface area contributed by atoms with Crippen LogP contribution in [0.4, 0.5) is 0 Å². The lowest BCUT2D eigenvalue weighted by atomic mass is 10.1. The molecule has 88 valence electrons. The van der Waals surface area contributed by atoms with Gasteiger partial charge in [0, 0.05) is 17.1 Å². The molecule has 0 radical (unpaired) electrons. The molecule has 0 fully saturated rings. The molecule has 0 aliphatic carbocycles. The number of halogens is 1. The molecule has 0 spiro atoms. The third-order valence-electron chi connectivity index (χ3n) is 2.55. The minimum absolute atomic E-state index is 0.259. The van der Waals surface area contributed by atoms with Crippen LogP contribution in [0.25, 0.3) is 11.3 Å². The summed E-state index contributed by atoms with van der Waals surface area (Å²) in [5, 5.41) is 13.4. The van der Waals surface area contributed by atoms with Gasteiger partial charge in [0.1, 0.15) is 5.56 Å². The summed E-state index contributed by atoms with van der Waals surface area (Å²) in [7, 11) is 1.75. The Balaban J connectivity index is 2.66. The molecule has 0 atom stereocenters.